The molecule has 0 saturated carbocycles. The highest BCUT2D eigenvalue weighted by Crippen LogP contribution is 2.15. The summed E-state index contributed by atoms with van der Waals surface area (Å²) < 4.78 is 0.805. The first-order valence-electron chi connectivity index (χ1n) is 6.76. The van der Waals surface area contributed by atoms with Crippen LogP contribution in [0.15, 0.2) is 39.9 Å². The van der Waals surface area contributed by atoms with Crippen LogP contribution in [0, 0.1) is 0 Å². The molecule has 2 N–H and O–H groups in total. The van der Waals surface area contributed by atoms with Crippen molar-refractivity contribution < 1.29 is 0 Å². The fraction of sp³-hybridized carbons (Fsp3) is 0.333. The van der Waals surface area contributed by atoms with E-state index in [-0.39, 0.29) is 5.56 Å². The minimum absolute atomic E-state index is 0.177. The van der Waals surface area contributed by atoms with E-state index >= 15 is 0 Å². The molecule has 21 heavy (non-hydrogen) atoms. The number of pyridine rings is 2. The summed E-state index contributed by atoms with van der Waals surface area (Å²) in [7, 11) is 2.08. The zero-order valence-electron chi connectivity index (χ0n) is 12.4. The van der Waals surface area contributed by atoms with Crippen LogP contribution in [0.1, 0.15) is 19.4 Å². The van der Waals surface area contributed by atoms with Crippen molar-refractivity contribution in [3.8, 4) is 0 Å². The Balaban J connectivity index is 2.09. The Labute approximate surface area is 132 Å². The molecule has 2 rings (SSSR count). The molecular weight excluding hydrogens is 332 g/mol. The van der Waals surface area contributed by atoms with Gasteiger partial charge >= 0.3 is 0 Å². The molecule has 0 aliphatic carbocycles. The summed E-state index contributed by atoms with van der Waals surface area (Å²) in [4.78, 5) is 20.9. The van der Waals surface area contributed by atoms with Crippen LogP contribution in [0.4, 0.5) is 11.5 Å². The van der Waals surface area contributed by atoms with Crippen molar-refractivity contribution in [2.24, 2.45) is 0 Å². The number of anilines is 2. The Hall–Kier alpha value is -1.66. The zero-order chi connectivity index (χ0) is 15.4. The van der Waals surface area contributed by atoms with Crippen LogP contribution >= 0.6 is 15.9 Å². The summed E-state index contributed by atoms with van der Waals surface area (Å²) in [5, 5.41) is 3.02. The van der Waals surface area contributed by atoms with Gasteiger partial charge in [-0.3, -0.25) is 9.69 Å². The van der Waals surface area contributed by atoms with Gasteiger partial charge < -0.3 is 10.3 Å². The van der Waals surface area contributed by atoms with Gasteiger partial charge in [0.25, 0.3) is 5.56 Å². The van der Waals surface area contributed by atoms with E-state index in [0.717, 1.165) is 16.6 Å². The summed E-state index contributed by atoms with van der Waals surface area (Å²) >= 11 is 3.33. The maximum Gasteiger partial charge on any atom is 0.271 e. The van der Waals surface area contributed by atoms with Crippen LogP contribution in [-0.4, -0.2) is 28.0 Å². The highest BCUT2D eigenvalue weighted by atomic mass is 79.9. The molecule has 5 nitrogen and oxygen atoms in total. The van der Waals surface area contributed by atoms with Gasteiger partial charge in [-0.15, -0.1) is 0 Å². The van der Waals surface area contributed by atoms with Gasteiger partial charge in [0.2, 0.25) is 0 Å². The first-order chi connectivity index (χ1) is 9.95. The van der Waals surface area contributed by atoms with Crippen LogP contribution < -0.4 is 10.9 Å². The lowest BCUT2D eigenvalue weighted by molar-refractivity contribution is 0.265. The Morgan fingerprint density at radius 3 is 2.81 bits per heavy atom. The molecule has 0 unspecified atom stereocenters. The molecule has 2 aromatic heterocycles. The summed E-state index contributed by atoms with van der Waals surface area (Å²) in [6.45, 7) is 5.16. The van der Waals surface area contributed by atoms with Crippen molar-refractivity contribution in [3.05, 3.63) is 51.0 Å². The number of halogens is 1. The molecule has 0 aliphatic heterocycles. The second-order valence-corrected chi connectivity index (χ2v) is 6.16. The number of hydrogen-bond donors (Lipinski definition) is 2. The Bertz CT molecular complexity index is 651. The van der Waals surface area contributed by atoms with Gasteiger partial charge in [-0.1, -0.05) is 6.07 Å². The summed E-state index contributed by atoms with van der Waals surface area (Å²) in [5.41, 5.74) is 1.42. The van der Waals surface area contributed by atoms with Gasteiger partial charge in [-0.25, -0.2) is 4.98 Å². The fourth-order valence-corrected chi connectivity index (χ4v) is 2.09. The van der Waals surface area contributed by atoms with Gasteiger partial charge in [0.1, 0.15) is 11.5 Å². The number of rotatable bonds is 5. The van der Waals surface area contributed by atoms with Crippen LogP contribution in [-0.2, 0) is 6.54 Å². The number of H-pyrrole nitrogens is 1. The van der Waals surface area contributed by atoms with E-state index in [1.807, 2.05) is 18.3 Å². The third-order valence-corrected chi connectivity index (χ3v) is 3.73. The van der Waals surface area contributed by atoms with Gasteiger partial charge in [0.15, 0.2) is 0 Å². The molecule has 0 radical (unpaired) electrons. The van der Waals surface area contributed by atoms with Crippen LogP contribution in [0.2, 0.25) is 0 Å². The molecule has 0 saturated heterocycles. The van der Waals surface area contributed by atoms with Gasteiger partial charge in [0.05, 0.1) is 0 Å². The molecule has 0 spiro atoms. The van der Waals surface area contributed by atoms with Gasteiger partial charge in [-0.05, 0) is 54.5 Å². The number of hydrogen-bond acceptors (Lipinski definition) is 4. The number of nitrogens with zero attached hydrogens (tertiary/aromatic N) is 2. The average Bonchev–Trinajstić information content (AvgIpc) is 2.45. The fourth-order valence-electron chi connectivity index (χ4n) is 1.75. The second-order valence-electron chi connectivity index (χ2n) is 5.25. The van der Waals surface area contributed by atoms with E-state index in [2.05, 4.69) is 57.0 Å². The standard InChI is InChI=1S/C15H19BrN4O/c1-10(2)20(3)9-11-4-5-14(17-7-11)19-13-6-12(16)8-18-15(13)21/h4-8,10H,9H2,1-3H3,(H,17,19)(H,18,21). The molecule has 0 amide bonds. The van der Waals surface area contributed by atoms with Crippen molar-refractivity contribution in [1.82, 2.24) is 14.9 Å². The highest BCUT2D eigenvalue weighted by Gasteiger charge is 2.06. The SMILES string of the molecule is CC(C)N(C)Cc1ccc(Nc2cc(Br)c[nH]c2=O)nc1. The van der Waals surface area contributed by atoms with Crippen molar-refractivity contribution >= 4 is 27.4 Å². The first kappa shape index (κ1) is 15.7. The Morgan fingerprint density at radius 2 is 2.19 bits per heavy atom. The predicted molar refractivity (Wildman–Crippen MR) is 88.9 cm³/mol. The lowest BCUT2D eigenvalue weighted by atomic mass is 10.2. The van der Waals surface area contributed by atoms with E-state index in [1.165, 1.54) is 0 Å². The van der Waals surface area contributed by atoms with Crippen LogP contribution in [0.5, 0.6) is 0 Å². The molecule has 0 aliphatic rings. The molecule has 0 bridgehead atoms. The van der Waals surface area contributed by atoms with Gasteiger partial charge in [-0.2, -0.15) is 0 Å². The van der Waals surface area contributed by atoms with Crippen molar-refractivity contribution in [1.29, 1.82) is 0 Å². The van der Waals surface area contributed by atoms with Crippen molar-refractivity contribution in [2.45, 2.75) is 26.4 Å². The maximum absolute atomic E-state index is 11.7. The van der Waals surface area contributed by atoms with Crippen LogP contribution in [0.25, 0.3) is 0 Å². The number of nitrogens with one attached hydrogen (secondary N) is 2. The topological polar surface area (TPSA) is 61.0 Å². The molecule has 112 valence electrons. The summed E-state index contributed by atoms with van der Waals surface area (Å²) in [5.74, 6) is 0.648. The lowest BCUT2D eigenvalue weighted by Crippen LogP contribution is -2.25. The molecular formula is C15H19BrN4O. The Morgan fingerprint density at radius 1 is 1.43 bits per heavy atom. The van der Waals surface area contributed by atoms with E-state index in [4.69, 9.17) is 0 Å². The smallest absolute Gasteiger partial charge is 0.271 e. The molecule has 2 heterocycles. The third kappa shape index (κ3) is 4.41. The number of aromatic amines is 1. The zero-order valence-corrected chi connectivity index (χ0v) is 13.9. The average molecular weight is 351 g/mol. The van der Waals surface area contributed by atoms with E-state index < -0.39 is 0 Å². The minimum Gasteiger partial charge on any atom is -0.336 e. The summed E-state index contributed by atoms with van der Waals surface area (Å²) in [6, 6.07) is 6.11. The number of aromatic nitrogens is 2. The lowest BCUT2D eigenvalue weighted by Gasteiger charge is -2.20. The normalized spacial score (nSPS) is 11.1. The molecule has 0 fully saturated rings. The van der Waals surface area contributed by atoms with E-state index in [0.29, 0.717) is 17.5 Å². The second kappa shape index (κ2) is 6.87. The van der Waals surface area contributed by atoms with Crippen molar-refractivity contribution in [2.75, 3.05) is 12.4 Å². The van der Waals surface area contributed by atoms with Crippen molar-refractivity contribution in [3.63, 3.8) is 0 Å². The molecule has 6 heteroatoms. The molecule has 0 aromatic carbocycles. The van der Waals surface area contributed by atoms with E-state index in [1.54, 1.807) is 12.3 Å². The quantitative estimate of drug-likeness (QED) is 0.869. The Kier molecular flexibility index (Phi) is 5.14. The van der Waals surface area contributed by atoms with Gasteiger partial charge in [0, 0.05) is 29.5 Å². The largest absolute Gasteiger partial charge is 0.336 e. The minimum atomic E-state index is -0.177. The van der Waals surface area contributed by atoms with Crippen LogP contribution in [0.3, 0.4) is 0 Å². The first-order valence-corrected chi connectivity index (χ1v) is 7.55. The predicted octanol–water partition coefficient (Wildman–Crippen LogP) is 3.12. The summed E-state index contributed by atoms with van der Waals surface area (Å²) in [6.07, 6.45) is 3.43. The monoisotopic (exact) mass is 350 g/mol. The van der Waals surface area contributed by atoms with E-state index in [9.17, 15) is 4.79 Å². The molecule has 0 atom stereocenters. The molecule has 2 aromatic rings. The maximum atomic E-state index is 11.7. The third-order valence-electron chi connectivity index (χ3n) is 3.27. The highest BCUT2D eigenvalue weighted by molar-refractivity contribution is 9.10.